The van der Waals surface area contributed by atoms with Crippen molar-refractivity contribution in [1.82, 2.24) is 19.6 Å². The van der Waals surface area contributed by atoms with E-state index in [1.165, 1.54) is 6.07 Å². The maximum atomic E-state index is 13.9. The number of para-hydroxylation sites is 1. The quantitative estimate of drug-likeness (QED) is 0.452. The smallest absolute Gasteiger partial charge is 0.271 e. The molecule has 2 heterocycles. The molecule has 1 atom stereocenters. The zero-order chi connectivity index (χ0) is 24.8. The molecule has 1 saturated carbocycles. The van der Waals surface area contributed by atoms with Crippen LogP contribution in [0.5, 0.6) is 11.5 Å². The third-order valence-electron chi connectivity index (χ3n) is 6.01. The number of nitrogens with zero attached hydrogens (tertiary/aromatic N) is 4. The second-order valence-corrected chi connectivity index (χ2v) is 8.56. The summed E-state index contributed by atoms with van der Waals surface area (Å²) < 4.78 is 35.7. The van der Waals surface area contributed by atoms with Gasteiger partial charge in [0, 0.05) is 31.5 Å². The number of aryl methyl sites for hydroxylation is 1. The van der Waals surface area contributed by atoms with Crippen molar-refractivity contribution in [2.45, 2.75) is 51.1 Å². The molecule has 2 N–H and O–H groups in total. The van der Waals surface area contributed by atoms with Crippen LogP contribution in [-0.4, -0.2) is 37.2 Å². The fourth-order valence-electron chi connectivity index (χ4n) is 4.26. The summed E-state index contributed by atoms with van der Waals surface area (Å²) in [6, 6.07) is 5.08. The first-order valence-corrected chi connectivity index (χ1v) is 11.6. The number of aliphatic hydroxyl groups excluding tert-OH is 1. The second kappa shape index (κ2) is 11.2. The molecule has 35 heavy (non-hydrogen) atoms. The van der Waals surface area contributed by atoms with E-state index in [1.54, 1.807) is 16.9 Å². The third-order valence-corrected chi connectivity index (χ3v) is 6.01. The van der Waals surface area contributed by atoms with Gasteiger partial charge in [0.1, 0.15) is 6.04 Å². The van der Waals surface area contributed by atoms with Crippen LogP contribution in [0, 0.1) is 17.6 Å². The lowest BCUT2D eigenvalue weighted by Gasteiger charge is -2.21. The van der Waals surface area contributed by atoms with E-state index in [0.717, 1.165) is 54.8 Å². The van der Waals surface area contributed by atoms with E-state index in [1.807, 2.05) is 0 Å². The Bertz CT molecular complexity index is 1200. The maximum absolute atomic E-state index is 13.9. The van der Waals surface area contributed by atoms with Gasteiger partial charge in [-0.25, -0.2) is 13.5 Å². The van der Waals surface area contributed by atoms with Crippen molar-refractivity contribution in [3.63, 3.8) is 0 Å². The lowest BCUT2D eigenvalue weighted by atomic mass is 9.98. The van der Waals surface area contributed by atoms with Gasteiger partial charge in [0.2, 0.25) is 0 Å². The predicted octanol–water partition coefficient (Wildman–Crippen LogP) is 3.65. The van der Waals surface area contributed by atoms with Gasteiger partial charge in [-0.2, -0.15) is 10.2 Å². The van der Waals surface area contributed by atoms with Gasteiger partial charge in [0.05, 0.1) is 6.20 Å². The van der Waals surface area contributed by atoms with Crippen LogP contribution in [0.25, 0.3) is 0 Å². The van der Waals surface area contributed by atoms with Crippen LogP contribution in [0.1, 0.15) is 44.6 Å². The van der Waals surface area contributed by atoms with Gasteiger partial charge in [-0.3, -0.25) is 14.3 Å². The van der Waals surface area contributed by atoms with Gasteiger partial charge < -0.3 is 15.2 Å². The molecule has 0 saturated heterocycles. The Morgan fingerprint density at radius 3 is 2.66 bits per heavy atom. The van der Waals surface area contributed by atoms with Crippen LogP contribution >= 0.6 is 0 Å². The molecule has 1 fully saturated rings. The Kier molecular flexibility index (Phi) is 7.86. The molecule has 0 radical (unpaired) electrons. The highest BCUT2D eigenvalue weighted by atomic mass is 19.1. The average molecular weight is 488 g/mol. The first kappa shape index (κ1) is 24.5. The molecular formula is C24H27F2N5O4. The summed E-state index contributed by atoms with van der Waals surface area (Å²) in [7, 11) is 0. The Morgan fingerprint density at radius 2 is 1.97 bits per heavy atom. The summed E-state index contributed by atoms with van der Waals surface area (Å²) in [6.07, 6.45) is 7.86. The number of amides is 1. The van der Waals surface area contributed by atoms with Crippen molar-refractivity contribution in [3.8, 4) is 11.5 Å². The van der Waals surface area contributed by atoms with Crippen LogP contribution in [-0.2, 0) is 11.3 Å². The summed E-state index contributed by atoms with van der Waals surface area (Å²) in [5.74, 6) is -2.44. The fourth-order valence-corrected chi connectivity index (χ4v) is 4.26. The Balaban J connectivity index is 1.55. The normalized spacial score (nSPS) is 14.7. The lowest BCUT2D eigenvalue weighted by molar-refractivity contribution is -0.120. The predicted molar refractivity (Wildman–Crippen MR) is 123 cm³/mol. The summed E-state index contributed by atoms with van der Waals surface area (Å²) in [5.41, 5.74) is -0.633. The highest BCUT2D eigenvalue weighted by molar-refractivity contribution is 5.92. The van der Waals surface area contributed by atoms with Crippen LogP contribution in [0.3, 0.4) is 0 Å². The number of carbonyl (C=O) groups excluding carboxylic acids is 1. The van der Waals surface area contributed by atoms with Crippen molar-refractivity contribution in [3.05, 3.63) is 64.7 Å². The molecule has 9 nitrogen and oxygen atoms in total. The highest BCUT2D eigenvalue weighted by Gasteiger charge is 2.29. The largest absolute Gasteiger partial charge is 0.449 e. The topological polar surface area (TPSA) is 111 Å². The van der Waals surface area contributed by atoms with Gasteiger partial charge in [-0.15, -0.1) is 0 Å². The van der Waals surface area contributed by atoms with E-state index in [-0.39, 0.29) is 18.3 Å². The van der Waals surface area contributed by atoms with Crippen molar-refractivity contribution in [2.24, 2.45) is 5.92 Å². The summed E-state index contributed by atoms with van der Waals surface area (Å²) in [6.45, 7) is 0.534. The number of ether oxygens (including phenoxy) is 1. The van der Waals surface area contributed by atoms with E-state index in [9.17, 15) is 18.4 Å². The molecule has 0 spiro atoms. The van der Waals surface area contributed by atoms with Crippen molar-refractivity contribution >= 4 is 11.7 Å². The zero-order valence-corrected chi connectivity index (χ0v) is 19.1. The molecule has 2 aromatic heterocycles. The van der Waals surface area contributed by atoms with Gasteiger partial charge >= 0.3 is 0 Å². The number of benzene rings is 1. The van der Waals surface area contributed by atoms with Crippen LogP contribution in [0.4, 0.5) is 14.6 Å². The summed E-state index contributed by atoms with van der Waals surface area (Å²) in [5, 5.41) is 20.1. The van der Waals surface area contributed by atoms with Crippen molar-refractivity contribution in [1.29, 1.82) is 0 Å². The highest BCUT2D eigenvalue weighted by Crippen LogP contribution is 2.32. The van der Waals surface area contributed by atoms with Gasteiger partial charge in [0.15, 0.2) is 29.0 Å². The monoisotopic (exact) mass is 487 g/mol. The minimum absolute atomic E-state index is 0.0306. The minimum atomic E-state index is -0.911. The van der Waals surface area contributed by atoms with Crippen molar-refractivity contribution in [2.75, 3.05) is 11.9 Å². The summed E-state index contributed by atoms with van der Waals surface area (Å²) in [4.78, 5) is 26.1. The van der Waals surface area contributed by atoms with E-state index in [0.29, 0.717) is 25.2 Å². The fraction of sp³-hybridized carbons (Fsp3) is 0.417. The Hall–Kier alpha value is -3.60. The molecule has 1 unspecified atom stereocenters. The standard InChI is InChI=1S/C24H27F2N5O4/c25-18-7-3-8-19(26)23(18)35-17-14-22(33)31(27-15-17)20(13-16-5-1-2-6-16)24(34)28-21-9-11-30(29-21)10-4-12-32/h3,7-9,11,14-16,20,32H,1-2,4-6,10,12-13H2,(H,28,29,34). The molecular weight excluding hydrogens is 460 g/mol. The minimum Gasteiger partial charge on any atom is -0.449 e. The van der Waals surface area contributed by atoms with Gasteiger partial charge in [0.25, 0.3) is 11.5 Å². The number of anilines is 1. The zero-order valence-electron chi connectivity index (χ0n) is 19.1. The molecule has 4 rings (SSSR count). The first-order chi connectivity index (χ1) is 16.9. The number of nitrogens with one attached hydrogen (secondary N) is 1. The molecule has 1 amide bonds. The Morgan fingerprint density at radius 1 is 1.23 bits per heavy atom. The number of carbonyl (C=O) groups is 1. The number of hydrogen-bond acceptors (Lipinski definition) is 6. The lowest BCUT2D eigenvalue weighted by Crippen LogP contribution is -2.36. The molecule has 0 bridgehead atoms. The maximum Gasteiger partial charge on any atom is 0.271 e. The van der Waals surface area contributed by atoms with Crippen molar-refractivity contribution < 1.29 is 23.4 Å². The Labute approximate surface area is 200 Å². The van der Waals surface area contributed by atoms with Gasteiger partial charge in [-0.1, -0.05) is 31.7 Å². The summed E-state index contributed by atoms with van der Waals surface area (Å²) >= 11 is 0. The molecule has 1 aliphatic carbocycles. The van der Waals surface area contributed by atoms with Crippen LogP contribution in [0.2, 0.25) is 0 Å². The third kappa shape index (κ3) is 6.10. The number of aromatic nitrogens is 4. The number of rotatable bonds is 10. The number of hydrogen-bond donors (Lipinski definition) is 2. The van der Waals surface area contributed by atoms with Crippen LogP contribution in [0.15, 0.2) is 47.5 Å². The van der Waals surface area contributed by atoms with E-state index < -0.39 is 34.9 Å². The van der Waals surface area contributed by atoms with Gasteiger partial charge in [-0.05, 0) is 30.9 Å². The molecule has 1 aromatic carbocycles. The number of aliphatic hydroxyl groups is 1. The molecule has 0 aliphatic heterocycles. The van der Waals surface area contributed by atoms with E-state index >= 15 is 0 Å². The first-order valence-electron chi connectivity index (χ1n) is 11.6. The molecule has 3 aromatic rings. The SMILES string of the molecule is O=C(Nc1ccn(CCCO)n1)C(CC1CCCC1)n1ncc(Oc2c(F)cccc2F)cc1=O. The van der Waals surface area contributed by atoms with E-state index in [2.05, 4.69) is 15.5 Å². The average Bonchev–Trinajstić information content (AvgIpc) is 3.51. The second-order valence-electron chi connectivity index (χ2n) is 8.56. The van der Waals surface area contributed by atoms with E-state index in [4.69, 9.17) is 9.84 Å². The molecule has 11 heteroatoms. The van der Waals surface area contributed by atoms with Crippen LogP contribution < -0.4 is 15.6 Å². The molecule has 1 aliphatic rings. The molecule has 186 valence electrons. The number of halogens is 2.